The molecule has 0 atom stereocenters. The highest BCUT2D eigenvalue weighted by Gasteiger charge is 2.41. The Hall–Kier alpha value is -1.42. The lowest BCUT2D eigenvalue weighted by atomic mass is 10.2. The topological polar surface area (TPSA) is 56.2 Å². The molecule has 0 spiro atoms. The normalized spacial score (nSPS) is 19.2. The zero-order chi connectivity index (χ0) is 8.89. The first-order valence-electron chi connectivity index (χ1n) is 4.38. The highest BCUT2D eigenvalue weighted by atomic mass is 15.2. The van der Waals surface area contributed by atoms with E-state index in [-0.39, 0.29) is 5.54 Å². The van der Waals surface area contributed by atoms with Crippen LogP contribution in [0.25, 0.3) is 5.65 Å². The van der Waals surface area contributed by atoms with E-state index in [1.807, 2.05) is 22.6 Å². The zero-order valence-electron chi connectivity index (χ0n) is 7.14. The standard InChI is InChI=1S/C9H10N4/c10-9(4-5-9)7-2-1-3-8-12-11-6-13(7)8/h1-3,6H,4-5,10H2. The molecule has 1 aliphatic rings. The molecule has 0 saturated heterocycles. The van der Waals surface area contributed by atoms with Crippen molar-refractivity contribution in [2.24, 2.45) is 5.73 Å². The Balaban J connectivity index is 2.33. The molecule has 0 aliphatic heterocycles. The van der Waals surface area contributed by atoms with Gasteiger partial charge in [-0.3, -0.25) is 4.40 Å². The van der Waals surface area contributed by atoms with Crippen molar-refractivity contribution >= 4 is 5.65 Å². The van der Waals surface area contributed by atoms with Gasteiger partial charge in [0.05, 0.1) is 5.54 Å². The SMILES string of the molecule is NC1(c2cccc3nncn23)CC1. The van der Waals surface area contributed by atoms with Gasteiger partial charge in [-0.1, -0.05) is 6.07 Å². The molecule has 1 aliphatic carbocycles. The number of rotatable bonds is 1. The number of nitrogens with zero attached hydrogens (tertiary/aromatic N) is 3. The molecule has 2 aromatic rings. The quantitative estimate of drug-likeness (QED) is 0.691. The number of nitrogens with two attached hydrogens (primary N) is 1. The molecule has 4 heteroatoms. The summed E-state index contributed by atoms with van der Waals surface area (Å²) in [6.45, 7) is 0. The second-order valence-corrected chi connectivity index (χ2v) is 3.63. The lowest BCUT2D eigenvalue weighted by molar-refractivity contribution is 0.693. The van der Waals surface area contributed by atoms with Crippen LogP contribution in [0.5, 0.6) is 0 Å². The molecule has 1 saturated carbocycles. The maximum absolute atomic E-state index is 6.12. The van der Waals surface area contributed by atoms with E-state index < -0.39 is 0 Å². The Labute approximate surface area is 75.4 Å². The fraction of sp³-hybridized carbons (Fsp3) is 0.333. The third-order valence-electron chi connectivity index (χ3n) is 2.63. The molecule has 2 N–H and O–H groups in total. The van der Waals surface area contributed by atoms with Gasteiger partial charge < -0.3 is 5.73 Å². The molecule has 0 bridgehead atoms. The van der Waals surface area contributed by atoms with Gasteiger partial charge in [0.15, 0.2) is 5.65 Å². The van der Waals surface area contributed by atoms with Gasteiger partial charge in [-0.05, 0) is 25.0 Å². The third-order valence-corrected chi connectivity index (χ3v) is 2.63. The number of hydrogen-bond donors (Lipinski definition) is 1. The molecule has 66 valence electrons. The van der Waals surface area contributed by atoms with Crippen LogP contribution in [0.4, 0.5) is 0 Å². The summed E-state index contributed by atoms with van der Waals surface area (Å²) >= 11 is 0. The van der Waals surface area contributed by atoms with Crippen LogP contribution in [0, 0.1) is 0 Å². The van der Waals surface area contributed by atoms with E-state index in [0.29, 0.717) is 0 Å². The molecule has 2 heterocycles. The zero-order valence-corrected chi connectivity index (χ0v) is 7.14. The monoisotopic (exact) mass is 174 g/mol. The predicted octanol–water partition coefficient (Wildman–Crippen LogP) is 0.677. The van der Waals surface area contributed by atoms with Crippen LogP contribution >= 0.6 is 0 Å². The van der Waals surface area contributed by atoms with Crippen LogP contribution in [0.1, 0.15) is 18.5 Å². The van der Waals surface area contributed by atoms with Crippen LogP contribution in [0.2, 0.25) is 0 Å². The highest BCUT2D eigenvalue weighted by molar-refractivity contribution is 5.41. The highest BCUT2D eigenvalue weighted by Crippen LogP contribution is 2.42. The summed E-state index contributed by atoms with van der Waals surface area (Å²) in [5, 5.41) is 7.84. The van der Waals surface area contributed by atoms with E-state index in [9.17, 15) is 0 Å². The lowest BCUT2D eigenvalue weighted by Gasteiger charge is -2.10. The van der Waals surface area contributed by atoms with Crippen LogP contribution in [0.15, 0.2) is 24.5 Å². The second-order valence-electron chi connectivity index (χ2n) is 3.63. The van der Waals surface area contributed by atoms with Gasteiger partial charge in [0.1, 0.15) is 6.33 Å². The summed E-state index contributed by atoms with van der Waals surface area (Å²) in [5.41, 5.74) is 7.98. The van der Waals surface area contributed by atoms with Crippen molar-refractivity contribution in [3.63, 3.8) is 0 Å². The number of fused-ring (bicyclic) bond motifs is 1. The lowest BCUT2D eigenvalue weighted by Crippen LogP contribution is -2.21. The first-order chi connectivity index (χ1) is 6.30. The first kappa shape index (κ1) is 7.03. The van der Waals surface area contributed by atoms with Crippen LogP contribution in [-0.4, -0.2) is 14.6 Å². The molecule has 0 amide bonds. The van der Waals surface area contributed by atoms with Crippen LogP contribution in [0.3, 0.4) is 0 Å². The van der Waals surface area contributed by atoms with Crippen molar-refractivity contribution in [1.29, 1.82) is 0 Å². The van der Waals surface area contributed by atoms with E-state index in [4.69, 9.17) is 5.73 Å². The summed E-state index contributed by atoms with van der Waals surface area (Å²) in [7, 11) is 0. The molecule has 0 aromatic carbocycles. The maximum Gasteiger partial charge on any atom is 0.160 e. The van der Waals surface area contributed by atoms with E-state index in [2.05, 4.69) is 10.2 Å². The van der Waals surface area contributed by atoms with Gasteiger partial charge in [-0.25, -0.2) is 0 Å². The predicted molar refractivity (Wildman–Crippen MR) is 48.1 cm³/mol. The first-order valence-corrected chi connectivity index (χ1v) is 4.38. The van der Waals surface area contributed by atoms with Gasteiger partial charge in [0.2, 0.25) is 0 Å². The number of pyridine rings is 1. The Morgan fingerprint density at radius 3 is 3.00 bits per heavy atom. The van der Waals surface area contributed by atoms with Crippen LogP contribution < -0.4 is 5.73 Å². The summed E-state index contributed by atoms with van der Waals surface area (Å²) < 4.78 is 1.97. The van der Waals surface area contributed by atoms with Crippen LogP contribution in [-0.2, 0) is 5.54 Å². The van der Waals surface area contributed by atoms with Crippen molar-refractivity contribution in [3.8, 4) is 0 Å². The molecule has 3 rings (SSSR count). The van der Waals surface area contributed by atoms with Crippen molar-refractivity contribution in [2.45, 2.75) is 18.4 Å². The summed E-state index contributed by atoms with van der Waals surface area (Å²) in [4.78, 5) is 0. The minimum atomic E-state index is -0.123. The molecular formula is C9H10N4. The summed E-state index contributed by atoms with van der Waals surface area (Å²) in [6, 6.07) is 5.96. The van der Waals surface area contributed by atoms with Gasteiger partial charge >= 0.3 is 0 Å². The van der Waals surface area contributed by atoms with Crippen molar-refractivity contribution in [1.82, 2.24) is 14.6 Å². The minimum absolute atomic E-state index is 0.123. The third kappa shape index (κ3) is 0.890. The van der Waals surface area contributed by atoms with Crippen molar-refractivity contribution < 1.29 is 0 Å². The Morgan fingerprint density at radius 2 is 2.23 bits per heavy atom. The molecular weight excluding hydrogens is 164 g/mol. The maximum atomic E-state index is 6.12. The van der Waals surface area contributed by atoms with Gasteiger partial charge in [0, 0.05) is 5.69 Å². The van der Waals surface area contributed by atoms with Gasteiger partial charge in [-0.2, -0.15) is 0 Å². The largest absolute Gasteiger partial charge is 0.320 e. The van der Waals surface area contributed by atoms with Gasteiger partial charge in [-0.15, -0.1) is 10.2 Å². The van der Waals surface area contributed by atoms with E-state index in [1.165, 1.54) is 0 Å². The van der Waals surface area contributed by atoms with E-state index >= 15 is 0 Å². The Bertz CT molecular complexity index is 455. The van der Waals surface area contributed by atoms with Crippen molar-refractivity contribution in [3.05, 3.63) is 30.2 Å². The molecule has 13 heavy (non-hydrogen) atoms. The summed E-state index contributed by atoms with van der Waals surface area (Å²) in [6.07, 6.45) is 3.84. The average Bonchev–Trinajstić information content (AvgIpc) is 2.72. The molecule has 1 fully saturated rings. The smallest absolute Gasteiger partial charge is 0.160 e. The minimum Gasteiger partial charge on any atom is -0.320 e. The molecule has 2 aromatic heterocycles. The fourth-order valence-corrected chi connectivity index (χ4v) is 1.65. The summed E-state index contributed by atoms with van der Waals surface area (Å²) in [5.74, 6) is 0. The average molecular weight is 174 g/mol. The van der Waals surface area contributed by atoms with E-state index in [1.54, 1.807) is 6.33 Å². The number of hydrogen-bond acceptors (Lipinski definition) is 3. The molecule has 4 nitrogen and oxygen atoms in total. The Morgan fingerprint density at radius 1 is 1.38 bits per heavy atom. The molecule has 0 unspecified atom stereocenters. The second kappa shape index (κ2) is 2.09. The Kier molecular flexibility index (Phi) is 1.13. The van der Waals surface area contributed by atoms with E-state index in [0.717, 1.165) is 24.2 Å². The van der Waals surface area contributed by atoms with Gasteiger partial charge in [0.25, 0.3) is 0 Å². The fourth-order valence-electron chi connectivity index (χ4n) is 1.65. The molecule has 0 radical (unpaired) electrons. The van der Waals surface area contributed by atoms with Crippen molar-refractivity contribution in [2.75, 3.05) is 0 Å². The number of aromatic nitrogens is 3.